The quantitative estimate of drug-likeness (QED) is 0.0660. The summed E-state index contributed by atoms with van der Waals surface area (Å²) in [5.41, 5.74) is 6.75. The monoisotopic (exact) mass is 665 g/mol. The van der Waals surface area contributed by atoms with E-state index >= 15 is 0 Å². The molecule has 0 saturated carbocycles. The molecule has 0 N–H and O–H groups in total. The molecule has 0 amide bonds. The zero-order valence-electron chi connectivity index (χ0n) is 25.4. The Labute approximate surface area is 269 Å². The first kappa shape index (κ1) is 29.5. The first-order valence-corrected chi connectivity index (χ1v) is 19.6. The summed E-state index contributed by atoms with van der Waals surface area (Å²) in [6.45, 7) is 2.23. The van der Waals surface area contributed by atoms with Crippen molar-refractivity contribution in [1.82, 2.24) is 0 Å². The number of rotatable bonds is 10. The molecule has 0 radical (unpaired) electrons. The number of fused-ring (bicyclic) bond motifs is 2. The fourth-order valence-electron chi connectivity index (χ4n) is 7.99. The van der Waals surface area contributed by atoms with Crippen LogP contribution in [0.4, 0.5) is 5.69 Å². The summed E-state index contributed by atoms with van der Waals surface area (Å²) in [6, 6.07) is 35.8. The van der Waals surface area contributed by atoms with Crippen LogP contribution in [-0.2, 0) is 24.6 Å². The molecule has 7 rings (SSSR count). The number of benzene rings is 4. The van der Waals surface area contributed by atoms with Gasteiger partial charge in [-0.3, -0.25) is 0 Å². The maximum atomic E-state index is 13.5. The van der Waals surface area contributed by atoms with Gasteiger partial charge in [0.05, 0.1) is 0 Å². The summed E-state index contributed by atoms with van der Waals surface area (Å²) in [5, 5.41) is 6.20. The molecular weight excluding hydrogens is 625 g/mol. The van der Waals surface area contributed by atoms with Gasteiger partial charge in [0.1, 0.15) is 0 Å². The Bertz CT molecular complexity index is 1700. The van der Waals surface area contributed by atoms with E-state index in [1.807, 2.05) is 0 Å². The van der Waals surface area contributed by atoms with Gasteiger partial charge in [-0.1, -0.05) is 0 Å². The first-order chi connectivity index (χ1) is 21.7. The molecule has 0 bridgehead atoms. The minimum absolute atomic E-state index is 0.141. The van der Waals surface area contributed by atoms with Gasteiger partial charge in [0.15, 0.2) is 0 Å². The average molecular weight is 667 g/mol. The normalized spacial score (nSPS) is 14.9. The number of halogens is 1. The predicted octanol–water partition coefficient (Wildman–Crippen LogP) is 7.83. The first-order valence-electron chi connectivity index (χ1n) is 16.3. The zero-order chi connectivity index (χ0) is 29.9. The Balaban J connectivity index is 1.16. The SMILES string of the molecule is O=c1oc2c3c4c(cc2c(CBr)c1CCCCC[PH](c1ccccc1)(c1ccccc1)c1ccccc1)CCCN4CCC3. The third-order valence-electron chi connectivity index (χ3n) is 10.0. The van der Waals surface area contributed by atoms with Crippen LogP contribution in [0.25, 0.3) is 11.0 Å². The van der Waals surface area contributed by atoms with E-state index in [0.29, 0.717) is 5.33 Å². The van der Waals surface area contributed by atoms with Gasteiger partial charge in [0.25, 0.3) is 0 Å². The van der Waals surface area contributed by atoms with Crippen molar-refractivity contribution in [2.24, 2.45) is 0 Å². The summed E-state index contributed by atoms with van der Waals surface area (Å²) in [6.07, 6.45) is 9.49. The van der Waals surface area contributed by atoms with Gasteiger partial charge >= 0.3 is 258 Å². The Morgan fingerprint density at radius 3 is 1.91 bits per heavy atom. The Hall–Kier alpha value is -3.20. The molecule has 2 aliphatic rings. The van der Waals surface area contributed by atoms with Crippen LogP contribution in [-0.4, -0.2) is 19.3 Å². The van der Waals surface area contributed by atoms with E-state index in [2.05, 4.69) is 118 Å². The van der Waals surface area contributed by atoms with E-state index in [1.165, 1.54) is 39.1 Å². The van der Waals surface area contributed by atoms with Gasteiger partial charge in [0.2, 0.25) is 0 Å². The van der Waals surface area contributed by atoms with E-state index in [4.69, 9.17) is 4.42 Å². The molecule has 3 heterocycles. The van der Waals surface area contributed by atoms with Crippen LogP contribution in [0.2, 0.25) is 0 Å². The molecule has 0 atom stereocenters. The molecule has 2 aliphatic heterocycles. The number of alkyl halides is 1. The average Bonchev–Trinajstić information content (AvgIpc) is 3.08. The van der Waals surface area contributed by atoms with E-state index in [-0.39, 0.29) is 5.63 Å². The molecule has 0 spiro atoms. The number of unbranched alkanes of at least 4 members (excludes halogenated alkanes) is 2. The van der Waals surface area contributed by atoms with Crippen LogP contribution >= 0.6 is 23.2 Å². The van der Waals surface area contributed by atoms with Crippen molar-refractivity contribution in [2.45, 2.75) is 56.7 Å². The third-order valence-corrected chi connectivity index (χ3v) is 15.6. The standard InChI is InChI=1S/C39H41BrNO2P/c40-28-36-33(39(42)43-38-34-23-14-25-41-24-13-15-29(37(34)41)27-35(36)38)22-11-4-12-26-44(30-16-5-1-6-17-30,31-18-7-2-8-19-31)32-20-9-3-10-21-32/h1-3,5-10,16-21,27,44H,4,11-15,22-26,28H2. The number of anilines is 1. The third kappa shape index (κ3) is 5.35. The molecule has 0 fully saturated rings. The number of hydrogen-bond acceptors (Lipinski definition) is 3. The summed E-state index contributed by atoms with van der Waals surface area (Å²) < 4.78 is 6.19. The van der Waals surface area contributed by atoms with Crippen molar-refractivity contribution in [3.8, 4) is 0 Å². The van der Waals surface area contributed by atoms with E-state index in [1.54, 1.807) is 0 Å². The topological polar surface area (TPSA) is 33.5 Å². The minimum atomic E-state index is -2.23. The molecule has 226 valence electrons. The van der Waals surface area contributed by atoms with E-state index in [0.717, 1.165) is 86.3 Å². The molecule has 5 aromatic rings. The van der Waals surface area contributed by atoms with Crippen LogP contribution in [0.1, 0.15) is 54.4 Å². The summed E-state index contributed by atoms with van der Waals surface area (Å²) >= 11 is 3.77. The van der Waals surface area contributed by atoms with E-state index in [9.17, 15) is 4.79 Å². The molecule has 3 nitrogen and oxygen atoms in total. The molecule has 0 aliphatic carbocycles. The molecule has 44 heavy (non-hydrogen) atoms. The Morgan fingerprint density at radius 1 is 0.727 bits per heavy atom. The second-order valence-electron chi connectivity index (χ2n) is 12.5. The van der Waals surface area contributed by atoms with Gasteiger partial charge in [-0.15, -0.1) is 0 Å². The second-order valence-corrected chi connectivity index (χ2v) is 17.1. The number of aryl methyl sites for hydroxylation is 2. The van der Waals surface area contributed by atoms with Gasteiger partial charge in [-0.2, -0.15) is 0 Å². The van der Waals surface area contributed by atoms with Gasteiger partial charge in [0, 0.05) is 13.1 Å². The molecule has 4 aromatic carbocycles. The van der Waals surface area contributed by atoms with Crippen molar-refractivity contribution in [3.05, 3.63) is 130 Å². The summed E-state index contributed by atoms with van der Waals surface area (Å²) in [5.74, 6) is 0. The van der Waals surface area contributed by atoms with Crippen molar-refractivity contribution in [3.63, 3.8) is 0 Å². The Morgan fingerprint density at radius 2 is 1.32 bits per heavy atom. The predicted molar refractivity (Wildman–Crippen MR) is 193 cm³/mol. The number of hydrogen-bond donors (Lipinski definition) is 0. The van der Waals surface area contributed by atoms with Crippen LogP contribution in [0.3, 0.4) is 0 Å². The van der Waals surface area contributed by atoms with Crippen LogP contribution in [0.15, 0.2) is 106 Å². The Kier molecular flexibility index (Phi) is 8.74. The molecule has 1 aromatic heterocycles. The van der Waals surface area contributed by atoms with Crippen LogP contribution in [0.5, 0.6) is 0 Å². The van der Waals surface area contributed by atoms with Crippen molar-refractivity contribution in [2.75, 3.05) is 24.2 Å². The summed E-state index contributed by atoms with van der Waals surface area (Å²) in [4.78, 5) is 16.0. The number of nitrogens with zero attached hydrogens (tertiary/aromatic N) is 1. The van der Waals surface area contributed by atoms with E-state index < -0.39 is 7.26 Å². The van der Waals surface area contributed by atoms with Crippen molar-refractivity contribution in [1.29, 1.82) is 0 Å². The molecular formula is C39H41BrNO2P. The maximum absolute atomic E-state index is 13.5. The summed E-state index contributed by atoms with van der Waals surface area (Å²) in [7, 11) is -2.23. The second kappa shape index (κ2) is 13.0. The van der Waals surface area contributed by atoms with Crippen LogP contribution in [0, 0.1) is 0 Å². The molecule has 0 unspecified atom stereocenters. The molecule has 0 saturated heterocycles. The zero-order valence-corrected chi connectivity index (χ0v) is 28.0. The van der Waals surface area contributed by atoms with Crippen LogP contribution < -0.4 is 26.4 Å². The van der Waals surface area contributed by atoms with Gasteiger partial charge in [-0.05, 0) is 0 Å². The molecule has 5 heteroatoms. The van der Waals surface area contributed by atoms with Crippen molar-refractivity contribution < 1.29 is 4.42 Å². The fraction of sp³-hybridized carbons (Fsp3) is 0.308. The van der Waals surface area contributed by atoms with Crippen molar-refractivity contribution >= 4 is 55.8 Å². The fourth-order valence-corrected chi connectivity index (χ4v) is 13.6. The van der Waals surface area contributed by atoms with Gasteiger partial charge < -0.3 is 0 Å². The van der Waals surface area contributed by atoms with Gasteiger partial charge in [-0.25, -0.2) is 0 Å².